The van der Waals surface area contributed by atoms with Crippen molar-refractivity contribution in [3.63, 3.8) is 0 Å². The molecule has 2 aromatic rings. The van der Waals surface area contributed by atoms with Gasteiger partial charge in [0.1, 0.15) is 0 Å². The quantitative estimate of drug-likeness (QED) is 0.853. The number of hydrogen-bond donors (Lipinski definition) is 1. The smallest absolute Gasteiger partial charge is 0.0377 e. The second kappa shape index (κ2) is 4.78. The lowest BCUT2D eigenvalue weighted by Gasteiger charge is -2.49. The molecule has 0 radical (unpaired) electrons. The molecule has 2 heteroatoms. The van der Waals surface area contributed by atoms with Gasteiger partial charge in [0.05, 0.1) is 0 Å². The molecule has 2 saturated heterocycles. The first kappa shape index (κ1) is 12.2. The average molecular weight is 266 g/mol. The molecule has 2 atom stereocenters. The van der Waals surface area contributed by atoms with E-state index in [1.807, 2.05) is 0 Å². The molecular formula is C18H22N2. The third-order valence-corrected chi connectivity index (χ3v) is 5.04. The van der Waals surface area contributed by atoms with Crippen LogP contribution in [0.4, 0.5) is 5.69 Å². The van der Waals surface area contributed by atoms with Crippen molar-refractivity contribution in [1.82, 2.24) is 0 Å². The van der Waals surface area contributed by atoms with Crippen molar-refractivity contribution >= 4 is 16.5 Å². The lowest BCUT2D eigenvalue weighted by molar-refractivity contribution is 0.271. The number of hydrogen-bond acceptors (Lipinski definition) is 2. The van der Waals surface area contributed by atoms with Crippen molar-refractivity contribution in [2.24, 2.45) is 5.73 Å². The molecule has 2 heterocycles. The van der Waals surface area contributed by atoms with Gasteiger partial charge in [-0.25, -0.2) is 0 Å². The van der Waals surface area contributed by atoms with Crippen LogP contribution in [0.15, 0.2) is 42.5 Å². The molecule has 0 aromatic heterocycles. The molecule has 0 spiro atoms. The number of anilines is 1. The maximum Gasteiger partial charge on any atom is 0.0377 e. The summed E-state index contributed by atoms with van der Waals surface area (Å²) >= 11 is 0. The van der Waals surface area contributed by atoms with Crippen molar-refractivity contribution in [2.45, 2.75) is 50.2 Å². The van der Waals surface area contributed by atoms with Crippen molar-refractivity contribution in [1.29, 1.82) is 0 Å². The van der Waals surface area contributed by atoms with E-state index in [9.17, 15) is 0 Å². The predicted molar refractivity (Wildman–Crippen MR) is 85.1 cm³/mol. The number of piperidine rings is 2. The summed E-state index contributed by atoms with van der Waals surface area (Å²) in [6, 6.07) is 17.3. The minimum atomic E-state index is 0.405. The summed E-state index contributed by atoms with van der Waals surface area (Å²) in [6.07, 6.45) is 6.28. The summed E-state index contributed by atoms with van der Waals surface area (Å²) in [6.45, 7) is 0. The second-order valence-corrected chi connectivity index (χ2v) is 6.41. The van der Waals surface area contributed by atoms with Crippen LogP contribution in [-0.2, 0) is 0 Å². The van der Waals surface area contributed by atoms with E-state index in [0.29, 0.717) is 18.1 Å². The molecule has 2 nitrogen and oxygen atoms in total. The average Bonchev–Trinajstić information content (AvgIpc) is 2.46. The van der Waals surface area contributed by atoms with E-state index in [0.717, 1.165) is 12.8 Å². The fourth-order valence-electron chi connectivity index (χ4n) is 4.18. The highest BCUT2D eigenvalue weighted by Gasteiger charge is 2.36. The molecule has 2 bridgehead atoms. The Morgan fingerprint density at radius 2 is 1.60 bits per heavy atom. The minimum Gasteiger partial charge on any atom is -0.365 e. The standard InChI is InChI=1S/C18H22N2/c19-15-11-16-6-3-7-17(12-15)20(16)18-9-8-13-4-1-2-5-14(13)10-18/h1-2,4-5,8-10,15-17H,3,6-7,11-12,19H2. The summed E-state index contributed by atoms with van der Waals surface area (Å²) in [5.74, 6) is 0. The summed E-state index contributed by atoms with van der Waals surface area (Å²) in [4.78, 5) is 2.67. The van der Waals surface area contributed by atoms with Crippen LogP contribution in [0, 0.1) is 0 Å². The number of nitrogens with two attached hydrogens (primary N) is 1. The Hall–Kier alpha value is -1.54. The number of nitrogens with zero attached hydrogens (tertiary/aromatic N) is 1. The van der Waals surface area contributed by atoms with Gasteiger partial charge in [0.2, 0.25) is 0 Å². The number of rotatable bonds is 1. The van der Waals surface area contributed by atoms with Crippen LogP contribution < -0.4 is 10.6 Å². The van der Waals surface area contributed by atoms with Crippen LogP contribution in [0.5, 0.6) is 0 Å². The SMILES string of the molecule is NC1CC2CCCC(C1)N2c1ccc2ccccc2c1. The third kappa shape index (κ3) is 1.99. The van der Waals surface area contributed by atoms with Gasteiger partial charge >= 0.3 is 0 Å². The van der Waals surface area contributed by atoms with E-state index < -0.39 is 0 Å². The van der Waals surface area contributed by atoms with Gasteiger partial charge in [0.15, 0.2) is 0 Å². The lowest BCUT2D eigenvalue weighted by atomic mass is 9.81. The molecule has 20 heavy (non-hydrogen) atoms. The highest BCUT2D eigenvalue weighted by molar-refractivity contribution is 5.86. The molecule has 0 aliphatic carbocycles. The molecule has 2 fully saturated rings. The first-order valence-electron chi connectivity index (χ1n) is 7.84. The lowest BCUT2D eigenvalue weighted by Crippen LogP contribution is -2.55. The Bertz CT molecular complexity index is 608. The minimum absolute atomic E-state index is 0.405. The molecule has 2 aromatic carbocycles. The highest BCUT2D eigenvalue weighted by Crippen LogP contribution is 2.38. The fraction of sp³-hybridized carbons (Fsp3) is 0.444. The van der Waals surface area contributed by atoms with E-state index in [1.165, 1.54) is 35.7 Å². The van der Waals surface area contributed by atoms with E-state index >= 15 is 0 Å². The molecule has 104 valence electrons. The molecule has 2 unspecified atom stereocenters. The topological polar surface area (TPSA) is 29.3 Å². The highest BCUT2D eigenvalue weighted by atomic mass is 15.2. The Balaban J connectivity index is 1.74. The van der Waals surface area contributed by atoms with Gasteiger partial charge in [-0.1, -0.05) is 30.3 Å². The Labute approximate surface area is 120 Å². The zero-order chi connectivity index (χ0) is 13.5. The van der Waals surface area contributed by atoms with Crippen molar-refractivity contribution in [3.05, 3.63) is 42.5 Å². The molecule has 4 rings (SSSR count). The van der Waals surface area contributed by atoms with Gasteiger partial charge in [-0.3, -0.25) is 0 Å². The Morgan fingerprint density at radius 1 is 0.900 bits per heavy atom. The zero-order valence-corrected chi connectivity index (χ0v) is 11.8. The summed E-state index contributed by atoms with van der Waals surface area (Å²) in [5, 5.41) is 2.67. The van der Waals surface area contributed by atoms with E-state index in [2.05, 4.69) is 47.4 Å². The van der Waals surface area contributed by atoms with Crippen molar-refractivity contribution in [2.75, 3.05) is 4.90 Å². The van der Waals surface area contributed by atoms with Crippen LogP contribution in [0.1, 0.15) is 32.1 Å². The van der Waals surface area contributed by atoms with Gasteiger partial charge < -0.3 is 10.6 Å². The van der Waals surface area contributed by atoms with E-state index in [1.54, 1.807) is 0 Å². The molecular weight excluding hydrogens is 244 g/mol. The van der Waals surface area contributed by atoms with Gasteiger partial charge in [-0.15, -0.1) is 0 Å². The van der Waals surface area contributed by atoms with Crippen LogP contribution in [-0.4, -0.2) is 18.1 Å². The molecule has 2 aliphatic heterocycles. The normalized spacial score (nSPS) is 29.6. The molecule has 2 N–H and O–H groups in total. The first-order chi connectivity index (χ1) is 9.81. The summed E-state index contributed by atoms with van der Waals surface area (Å²) in [5.41, 5.74) is 7.62. The maximum atomic E-state index is 6.23. The second-order valence-electron chi connectivity index (χ2n) is 6.41. The Kier molecular flexibility index (Phi) is 2.92. The van der Waals surface area contributed by atoms with Gasteiger partial charge in [0, 0.05) is 23.8 Å². The molecule has 0 amide bonds. The largest absolute Gasteiger partial charge is 0.365 e. The fourth-order valence-corrected chi connectivity index (χ4v) is 4.18. The molecule has 2 aliphatic rings. The van der Waals surface area contributed by atoms with Crippen molar-refractivity contribution in [3.8, 4) is 0 Å². The first-order valence-corrected chi connectivity index (χ1v) is 7.84. The van der Waals surface area contributed by atoms with Crippen molar-refractivity contribution < 1.29 is 0 Å². The van der Waals surface area contributed by atoms with Crippen LogP contribution >= 0.6 is 0 Å². The van der Waals surface area contributed by atoms with Crippen LogP contribution in [0.25, 0.3) is 10.8 Å². The Morgan fingerprint density at radius 3 is 2.35 bits per heavy atom. The van der Waals surface area contributed by atoms with Gasteiger partial charge in [-0.05, 0) is 55.0 Å². The third-order valence-electron chi connectivity index (χ3n) is 5.04. The monoisotopic (exact) mass is 266 g/mol. The van der Waals surface area contributed by atoms with Gasteiger partial charge in [0.25, 0.3) is 0 Å². The van der Waals surface area contributed by atoms with E-state index in [-0.39, 0.29) is 0 Å². The van der Waals surface area contributed by atoms with E-state index in [4.69, 9.17) is 5.73 Å². The number of benzene rings is 2. The molecule has 0 saturated carbocycles. The van der Waals surface area contributed by atoms with Crippen LogP contribution in [0.3, 0.4) is 0 Å². The summed E-state index contributed by atoms with van der Waals surface area (Å²) < 4.78 is 0. The number of fused-ring (bicyclic) bond motifs is 3. The maximum absolute atomic E-state index is 6.23. The van der Waals surface area contributed by atoms with Gasteiger partial charge in [-0.2, -0.15) is 0 Å². The zero-order valence-electron chi connectivity index (χ0n) is 11.8. The summed E-state index contributed by atoms with van der Waals surface area (Å²) in [7, 11) is 0. The predicted octanol–water partition coefficient (Wildman–Crippen LogP) is 3.69. The van der Waals surface area contributed by atoms with Crippen LogP contribution in [0.2, 0.25) is 0 Å².